The zero-order valence-corrected chi connectivity index (χ0v) is 8.13. The van der Waals surface area contributed by atoms with Crippen molar-refractivity contribution in [2.75, 3.05) is 11.5 Å². The third kappa shape index (κ3) is 2.01. The maximum Gasteiger partial charge on any atom is 0.186 e. The molecule has 15 heavy (non-hydrogen) atoms. The number of hydrogen-bond donors (Lipinski definition) is 2. The van der Waals surface area contributed by atoms with Crippen molar-refractivity contribution >= 4 is 11.5 Å². The van der Waals surface area contributed by atoms with Gasteiger partial charge in [0.15, 0.2) is 5.82 Å². The molecule has 1 aromatic heterocycles. The first kappa shape index (κ1) is 9.39. The third-order valence-electron chi connectivity index (χ3n) is 2.00. The lowest BCUT2D eigenvalue weighted by molar-refractivity contribution is 0.0749. The molecule has 0 amide bonds. The van der Waals surface area contributed by atoms with Crippen molar-refractivity contribution in [1.82, 2.24) is 9.94 Å². The molecule has 1 heterocycles. The number of nitrogen functional groups attached to an aromatic ring is 2. The molecule has 0 bridgehead atoms. The van der Waals surface area contributed by atoms with Gasteiger partial charge < -0.3 is 16.3 Å². The van der Waals surface area contributed by atoms with Crippen LogP contribution in [0.1, 0.15) is 5.56 Å². The highest BCUT2D eigenvalue weighted by Gasteiger charge is 2.04. The second-order valence-electron chi connectivity index (χ2n) is 3.12. The second-order valence-corrected chi connectivity index (χ2v) is 3.12. The standard InChI is InChI=1S/C10H12N4O/c11-9-6-13-14(10(9)12)15-7-8-4-2-1-3-5-8/h1-6H,7,11-12H2. The monoisotopic (exact) mass is 204 g/mol. The lowest BCUT2D eigenvalue weighted by atomic mass is 10.2. The van der Waals surface area contributed by atoms with Crippen LogP contribution in [0.15, 0.2) is 36.5 Å². The van der Waals surface area contributed by atoms with Gasteiger partial charge in [0, 0.05) is 0 Å². The number of benzene rings is 1. The first-order valence-electron chi connectivity index (χ1n) is 4.53. The summed E-state index contributed by atoms with van der Waals surface area (Å²) in [6.45, 7) is 0.409. The van der Waals surface area contributed by atoms with Crippen LogP contribution in [0.4, 0.5) is 11.5 Å². The minimum Gasteiger partial charge on any atom is -0.394 e. The SMILES string of the molecule is Nc1cnn(OCc2ccccc2)c1N. The van der Waals surface area contributed by atoms with Crippen LogP contribution in [0.2, 0.25) is 0 Å². The van der Waals surface area contributed by atoms with Gasteiger partial charge in [0.05, 0.1) is 11.9 Å². The van der Waals surface area contributed by atoms with Crippen LogP contribution >= 0.6 is 0 Å². The molecule has 1 aromatic carbocycles. The van der Waals surface area contributed by atoms with Crippen molar-refractivity contribution in [3.63, 3.8) is 0 Å². The maximum atomic E-state index is 5.62. The first-order valence-corrected chi connectivity index (χ1v) is 4.53. The molecule has 5 nitrogen and oxygen atoms in total. The Hall–Kier alpha value is -2.17. The highest BCUT2D eigenvalue weighted by Crippen LogP contribution is 2.11. The Labute approximate surface area is 87.2 Å². The Kier molecular flexibility index (Phi) is 2.45. The largest absolute Gasteiger partial charge is 0.394 e. The van der Waals surface area contributed by atoms with E-state index in [9.17, 15) is 0 Å². The van der Waals surface area contributed by atoms with Crippen LogP contribution in [-0.2, 0) is 6.61 Å². The molecule has 78 valence electrons. The predicted molar refractivity (Wildman–Crippen MR) is 57.8 cm³/mol. The van der Waals surface area contributed by atoms with E-state index >= 15 is 0 Å². The number of nitrogens with zero attached hydrogens (tertiary/aromatic N) is 2. The van der Waals surface area contributed by atoms with E-state index in [1.165, 1.54) is 11.0 Å². The van der Waals surface area contributed by atoms with Gasteiger partial charge in [0.1, 0.15) is 6.61 Å². The highest BCUT2D eigenvalue weighted by molar-refractivity contribution is 5.56. The fourth-order valence-corrected chi connectivity index (χ4v) is 1.17. The Morgan fingerprint density at radius 3 is 2.53 bits per heavy atom. The minimum absolute atomic E-state index is 0.325. The van der Waals surface area contributed by atoms with E-state index in [1.807, 2.05) is 30.3 Å². The Morgan fingerprint density at radius 1 is 1.20 bits per heavy atom. The zero-order chi connectivity index (χ0) is 10.7. The van der Waals surface area contributed by atoms with Gasteiger partial charge in [-0.2, -0.15) is 0 Å². The number of rotatable bonds is 3. The molecule has 5 heteroatoms. The van der Waals surface area contributed by atoms with Crippen LogP contribution in [-0.4, -0.2) is 9.94 Å². The Morgan fingerprint density at radius 2 is 1.93 bits per heavy atom. The molecule has 0 saturated heterocycles. The maximum absolute atomic E-state index is 5.62. The van der Waals surface area contributed by atoms with Gasteiger partial charge in [-0.25, -0.2) is 0 Å². The van der Waals surface area contributed by atoms with E-state index in [1.54, 1.807) is 0 Å². The number of nitrogens with two attached hydrogens (primary N) is 2. The second kappa shape index (κ2) is 3.91. The molecule has 2 aromatic rings. The summed E-state index contributed by atoms with van der Waals surface area (Å²) in [6.07, 6.45) is 1.46. The van der Waals surface area contributed by atoms with E-state index in [0.29, 0.717) is 18.1 Å². The molecule has 4 N–H and O–H groups in total. The van der Waals surface area contributed by atoms with Crippen molar-refractivity contribution < 1.29 is 4.84 Å². The smallest absolute Gasteiger partial charge is 0.186 e. The normalized spacial score (nSPS) is 10.1. The van der Waals surface area contributed by atoms with Gasteiger partial charge in [0.25, 0.3) is 0 Å². The average molecular weight is 204 g/mol. The van der Waals surface area contributed by atoms with Crippen molar-refractivity contribution in [3.8, 4) is 0 Å². The van der Waals surface area contributed by atoms with Gasteiger partial charge in [-0.3, -0.25) is 0 Å². The summed E-state index contributed by atoms with van der Waals surface area (Å²) >= 11 is 0. The van der Waals surface area contributed by atoms with Crippen molar-refractivity contribution in [1.29, 1.82) is 0 Å². The van der Waals surface area contributed by atoms with Crippen LogP contribution in [0.3, 0.4) is 0 Å². The highest BCUT2D eigenvalue weighted by atomic mass is 16.7. The summed E-state index contributed by atoms with van der Waals surface area (Å²) in [5, 5.41) is 3.87. The van der Waals surface area contributed by atoms with Crippen molar-refractivity contribution in [3.05, 3.63) is 42.1 Å². The zero-order valence-electron chi connectivity index (χ0n) is 8.13. The van der Waals surface area contributed by atoms with Crippen LogP contribution in [0, 0.1) is 0 Å². The van der Waals surface area contributed by atoms with E-state index < -0.39 is 0 Å². The molecule has 0 atom stereocenters. The fraction of sp³-hybridized carbons (Fsp3) is 0.100. The molecule has 0 radical (unpaired) electrons. The van der Waals surface area contributed by atoms with E-state index in [2.05, 4.69) is 5.10 Å². The molecule has 0 fully saturated rings. The van der Waals surface area contributed by atoms with Gasteiger partial charge in [-0.1, -0.05) is 35.2 Å². The number of anilines is 2. The Balaban J connectivity index is 2.02. The molecule has 2 rings (SSSR count). The molecular formula is C10H12N4O. The third-order valence-corrected chi connectivity index (χ3v) is 2.00. The summed E-state index contributed by atoms with van der Waals surface area (Å²) in [5.74, 6) is 0.325. The topological polar surface area (TPSA) is 79.1 Å². The first-order chi connectivity index (χ1) is 7.27. The summed E-state index contributed by atoms with van der Waals surface area (Å²) in [6, 6.07) is 9.76. The van der Waals surface area contributed by atoms with Gasteiger partial charge >= 0.3 is 0 Å². The summed E-state index contributed by atoms with van der Waals surface area (Å²) in [4.78, 5) is 6.57. The number of hydrogen-bond acceptors (Lipinski definition) is 4. The van der Waals surface area contributed by atoms with E-state index in [0.717, 1.165) is 5.56 Å². The van der Waals surface area contributed by atoms with Crippen molar-refractivity contribution in [2.24, 2.45) is 0 Å². The summed E-state index contributed by atoms with van der Waals surface area (Å²) < 4.78 is 0. The quantitative estimate of drug-likeness (QED) is 0.770. The van der Waals surface area contributed by atoms with Gasteiger partial charge in [-0.05, 0) is 5.56 Å². The molecule has 0 aliphatic heterocycles. The number of aromatic nitrogens is 2. The molecule has 0 unspecified atom stereocenters. The minimum atomic E-state index is 0.325. The molecule has 0 aliphatic carbocycles. The van der Waals surface area contributed by atoms with Gasteiger partial charge in [0.2, 0.25) is 0 Å². The van der Waals surface area contributed by atoms with E-state index in [4.69, 9.17) is 16.3 Å². The molecule has 0 aliphatic rings. The summed E-state index contributed by atoms with van der Waals surface area (Å²) in [7, 11) is 0. The molecule has 0 saturated carbocycles. The van der Waals surface area contributed by atoms with Gasteiger partial charge in [-0.15, -0.1) is 5.10 Å². The fourth-order valence-electron chi connectivity index (χ4n) is 1.17. The lowest BCUT2D eigenvalue weighted by Crippen LogP contribution is -2.15. The molecule has 0 spiro atoms. The van der Waals surface area contributed by atoms with Crippen molar-refractivity contribution in [2.45, 2.75) is 6.61 Å². The summed E-state index contributed by atoms with van der Waals surface area (Å²) in [5.41, 5.74) is 12.6. The van der Waals surface area contributed by atoms with Crippen LogP contribution < -0.4 is 16.3 Å². The predicted octanol–water partition coefficient (Wildman–Crippen LogP) is 0.676. The van der Waals surface area contributed by atoms with E-state index in [-0.39, 0.29) is 0 Å². The lowest BCUT2D eigenvalue weighted by Gasteiger charge is -2.06. The van der Waals surface area contributed by atoms with Crippen LogP contribution in [0.5, 0.6) is 0 Å². The van der Waals surface area contributed by atoms with Crippen LogP contribution in [0.25, 0.3) is 0 Å². The average Bonchev–Trinajstić information content (AvgIpc) is 2.59. The Bertz CT molecular complexity index is 438. The molecular weight excluding hydrogens is 192 g/mol.